The lowest BCUT2D eigenvalue weighted by molar-refractivity contribution is -0.158. The molecule has 0 aliphatic heterocycles. The molecule has 0 radical (unpaired) electrons. The molecular weight excluding hydrogens is 276 g/mol. The fourth-order valence-corrected chi connectivity index (χ4v) is 2.23. The molecule has 3 heteroatoms. The first kappa shape index (κ1) is 18.4. The van der Waals surface area contributed by atoms with Crippen molar-refractivity contribution in [3.8, 4) is 0 Å². The topological polar surface area (TPSA) is 35.5 Å². The molecule has 0 N–H and O–H groups in total. The summed E-state index contributed by atoms with van der Waals surface area (Å²) >= 11 is 0. The lowest BCUT2D eigenvalue weighted by Gasteiger charge is -2.25. The van der Waals surface area contributed by atoms with Crippen molar-refractivity contribution in [1.82, 2.24) is 0 Å². The van der Waals surface area contributed by atoms with Crippen LogP contribution in [-0.2, 0) is 14.3 Å². The smallest absolute Gasteiger partial charge is 0.308 e. The number of carbonyl (C=O) groups excluding carboxylic acids is 1. The summed E-state index contributed by atoms with van der Waals surface area (Å²) in [5.41, 5.74) is 0.577. The summed E-state index contributed by atoms with van der Waals surface area (Å²) < 4.78 is 11.5. The van der Waals surface area contributed by atoms with Gasteiger partial charge in [-0.05, 0) is 32.8 Å². The van der Waals surface area contributed by atoms with E-state index in [0.29, 0.717) is 0 Å². The van der Waals surface area contributed by atoms with Crippen LogP contribution in [0.4, 0.5) is 0 Å². The van der Waals surface area contributed by atoms with Crippen molar-refractivity contribution < 1.29 is 14.3 Å². The maximum absolute atomic E-state index is 12.0. The molecule has 0 aliphatic rings. The molecule has 0 fully saturated rings. The molecule has 0 amide bonds. The van der Waals surface area contributed by atoms with Gasteiger partial charge in [-0.25, -0.2) is 0 Å². The second kappa shape index (κ2) is 8.74. The minimum absolute atomic E-state index is 0.164. The second-order valence-electron chi connectivity index (χ2n) is 6.40. The monoisotopic (exact) mass is 304 g/mol. The van der Waals surface area contributed by atoms with E-state index in [-0.39, 0.29) is 24.6 Å². The fraction of sp³-hybridized carbons (Fsp3) is 0.526. The van der Waals surface area contributed by atoms with Gasteiger partial charge >= 0.3 is 5.97 Å². The highest BCUT2D eigenvalue weighted by Crippen LogP contribution is 2.24. The molecule has 0 spiro atoms. The van der Waals surface area contributed by atoms with Crippen molar-refractivity contribution in [2.45, 2.75) is 64.8 Å². The van der Waals surface area contributed by atoms with Gasteiger partial charge in [-0.15, -0.1) is 6.58 Å². The Kier molecular flexibility index (Phi) is 7.33. The van der Waals surface area contributed by atoms with Crippen LogP contribution in [0.1, 0.15) is 58.6 Å². The summed E-state index contributed by atoms with van der Waals surface area (Å²) in [5, 5.41) is 0. The zero-order chi connectivity index (χ0) is 16.6. The highest BCUT2D eigenvalue weighted by atomic mass is 16.6. The van der Waals surface area contributed by atoms with Crippen molar-refractivity contribution in [2.75, 3.05) is 0 Å². The van der Waals surface area contributed by atoms with E-state index in [2.05, 4.69) is 13.5 Å². The third-order valence-corrected chi connectivity index (χ3v) is 3.11. The lowest BCUT2D eigenvalue weighted by atomic mass is 10.1. The largest absolute Gasteiger partial charge is 0.460 e. The van der Waals surface area contributed by atoms with Gasteiger partial charge in [0.15, 0.2) is 0 Å². The molecule has 0 bridgehead atoms. The van der Waals surface area contributed by atoms with Gasteiger partial charge in [0.1, 0.15) is 11.7 Å². The van der Waals surface area contributed by atoms with Crippen molar-refractivity contribution in [3.05, 3.63) is 48.6 Å². The van der Waals surface area contributed by atoms with Gasteiger partial charge in [0, 0.05) is 0 Å². The van der Waals surface area contributed by atoms with E-state index >= 15 is 0 Å². The molecule has 122 valence electrons. The third kappa shape index (κ3) is 6.90. The lowest BCUT2D eigenvalue weighted by Crippen LogP contribution is -2.28. The zero-order valence-corrected chi connectivity index (χ0v) is 14.2. The molecule has 1 aromatic carbocycles. The first-order valence-corrected chi connectivity index (χ1v) is 7.90. The first-order chi connectivity index (χ1) is 10.4. The maximum Gasteiger partial charge on any atom is 0.308 e. The average molecular weight is 304 g/mol. The van der Waals surface area contributed by atoms with Gasteiger partial charge in [0.25, 0.3) is 0 Å². The number of benzene rings is 1. The van der Waals surface area contributed by atoms with Crippen LogP contribution in [0.2, 0.25) is 0 Å². The normalized spacial score (nSPS) is 14.2. The number of ether oxygens (including phenoxy) is 2. The van der Waals surface area contributed by atoms with Crippen LogP contribution in [0.25, 0.3) is 0 Å². The van der Waals surface area contributed by atoms with Crippen LogP contribution in [0.15, 0.2) is 43.0 Å². The van der Waals surface area contributed by atoms with Gasteiger partial charge < -0.3 is 9.47 Å². The van der Waals surface area contributed by atoms with Crippen LogP contribution in [0.3, 0.4) is 0 Å². The highest BCUT2D eigenvalue weighted by molar-refractivity contribution is 5.70. The quantitative estimate of drug-likeness (QED) is 0.509. The predicted molar refractivity (Wildman–Crippen MR) is 89.6 cm³/mol. The zero-order valence-electron chi connectivity index (χ0n) is 14.2. The van der Waals surface area contributed by atoms with Gasteiger partial charge in [-0.3, -0.25) is 4.79 Å². The number of esters is 1. The van der Waals surface area contributed by atoms with Crippen molar-refractivity contribution in [3.63, 3.8) is 0 Å². The molecule has 22 heavy (non-hydrogen) atoms. The van der Waals surface area contributed by atoms with Gasteiger partial charge in [0.05, 0.1) is 12.5 Å². The maximum atomic E-state index is 12.0. The van der Waals surface area contributed by atoms with E-state index < -0.39 is 5.60 Å². The Morgan fingerprint density at radius 2 is 1.91 bits per heavy atom. The Balaban J connectivity index is 2.70. The average Bonchev–Trinajstić information content (AvgIpc) is 2.43. The van der Waals surface area contributed by atoms with Crippen molar-refractivity contribution in [1.29, 1.82) is 0 Å². The summed E-state index contributed by atoms with van der Waals surface area (Å²) in [5.74, 6) is -0.221. The first-order valence-electron chi connectivity index (χ1n) is 7.90. The Morgan fingerprint density at radius 3 is 2.41 bits per heavy atom. The van der Waals surface area contributed by atoms with E-state index in [9.17, 15) is 4.79 Å². The summed E-state index contributed by atoms with van der Waals surface area (Å²) in [6, 6.07) is 9.91. The minimum Gasteiger partial charge on any atom is -0.460 e. The van der Waals surface area contributed by atoms with Crippen LogP contribution >= 0.6 is 0 Å². The number of hydrogen-bond donors (Lipinski definition) is 0. The Labute approximate surface area is 134 Å². The van der Waals surface area contributed by atoms with E-state index in [4.69, 9.17) is 9.47 Å². The van der Waals surface area contributed by atoms with Crippen molar-refractivity contribution >= 4 is 5.97 Å². The molecule has 0 aromatic heterocycles. The van der Waals surface area contributed by atoms with Crippen LogP contribution in [0.5, 0.6) is 0 Å². The summed E-state index contributed by atoms with van der Waals surface area (Å²) in [7, 11) is 0. The Morgan fingerprint density at radius 1 is 1.27 bits per heavy atom. The van der Waals surface area contributed by atoms with Gasteiger partial charge in [0.2, 0.25) is 0 Å². The standard InChI is InChI=1S/C19H28O3/c1-6-11-16(14-18(20)22-19(3,4)5)21-17(7-2)15-12-9-8-10-13-15/h7-10,12-13,16-17H,2,6,11,14H2,1,3-5H3/t16-,17+/m1/s1. The molecule has 3 nitrogen and oxygen atoms in total. The number of hydrogen-bond acceptors (Lipinski definition) is 3. The molecule has 0 saturated heterocycles. The minimum atomic E-state index is -0.467. The number of carbonyl (C=O) groups is 1. The SMILES string of the molecule is C=C[C@H](O[C@H](CCC)CC(=O)OC(C)(C)C)c1ccccc1. The fourth-order valence-electron chi connectivity index (χ4n) is 2.23. The molecule has 2 atom stereocenters. The molecule has 0 unspecified atom stereocenters. The molecule has 0 aliphatic carbocycles. The predicted octanol–water partition coefficient (Wildman–Crippen LogP) is 4.83. The van der Waals surface area contributed by atoms with Gasteiger partial charge in [-0.2, -0.15) is 0 Å². The van der Waals surface area contributed by atoms with Crippen LogP contribution in [0, 0.1) is 0 Å². The van der Waals surface area contributed by atoms with E-state index in [1.54, 1.807) is 6.08 Å². The Hall–Kier alpha value is -1.61. The Bertz CT molecular complexity index is 459. The molecular formula is C19H28O3. The van der Waals surface area contributed by atoms with E-state index in [1.807, 2.05) is 51.1 Å². The van der Waals surface area contributed by atoms with Crippen LogP contribution in [-0.4, -0.2) is 17.7 Å². The summed E-state index contributed by atoms with van der Waals surface area (Å²) in [6.45, 7) is 11.5. The summed E-state index contributed by atoms with van der Waals surface area (Å²) in [6.07, 6.45) is 3.43. The summed E-state index contributed by atoms with van der Waals surface area (Å²) in [4.78, 5) is 12.0. The van der Waals surface area contributed by atoms with Crippen LogP contribution < -0.4 is 0 Å². The highest BCUT2D eigenvalue weighted by Gasteiger charge is 2.22. The number of rotatable bonds is 8. The van der Waals surface area contributed by atoms with E-state index in [0.717, 1.165) is 18.4 Å². The molecule has 0 saturated carbocycles. The molecule has 1 aromatic rings. The molecule has 1 rings (SSSR count). The third-order valence-electron chi connectivity index (χ3n) is 3.11. The molecule has 0 heterocycles. The second-order valence-corrected chi connectivity index (χ2v) is 6.40. The van der Waals surface area contributed by atoms with E-state index in [1.165, 1.54) is 0 Å². The van der Waals surface area contributed by atoms with Crippen molar-refractivity contribution in [2.24, 2.45) is 0 Å². The van der Waals surface area contributed by atoms with Gasteiger partial charge in [-0.1, -0.05) is 49.8 Å².